The first kappa shape index (κ1) is 16.4. The van der Waals surface area contributed by atoms with Crippen LogP contribution >= 0.6 is 15.9 Å². The Balaban J connectivity index is 3.12. The molecule has 5 nitrogen and oxygen atoms in total. The SMILES string of the molecule is C[C@](O)(CBr)C(=O)Nc1cnc(C#N)c(C(F)(F)F)c1. The molecule has 0 bridgehead atoms. The average molecular weight is 352 g/mol. The highest BCUT2D eigenvalue weighted by Gasteiger charge is 2.35. The molecule has 0 spiro atoms. The number of carbonyl (C=O) groups excluding carboxylic acids is 1. The Bertz CT molecular complexity index is 567. The third kappa shape index (κ3) is 3.68. The molecule has 0 saturated carbocycles. The van der Waals surface area contributed by atoms with Crippen LogP contribution in [-0.4, -0.2) is 26.9 Å². The lowest BCUT2D eigenvalue weighted by Crippen LogP contribution is -2.41. The predicted octanol–water partition coefficient (Wildman–Crippen LogP) is 2.06. The summed E-state index contributed by atoms with van der Waals surface area (Å²) in [6.45, 7) is 1.19. The third-order valence-corrected chi connectivity index (χ3v) is 3.40. The quantitative estimate of drug-likeness (QED) is 0.816. The first-order chi connectivity index (χ1) is 9.11. The number of amides is 1. The molecule has 1 amide bonds. The Kier molecular flexibility index (Phi) is 4.73. The summed E-state index contributed by atoms with van der Waals surface area (Å²) in [5, 5.41) is 20.2. The number of halogens is 4. The number of carbonyl (C=O) groups is 1. The molecule has 0 saturated heterocycles. The predicted molar refractivity (Wildman–Crippen MR) is 67.0 cm³/mol. The molecule has 0 unspecified atom stereocenters. The Morgan fingerprint density at radius 2 is 2.20 bits per heavy atom. The molecule has 20 heavy (non-hydrogen) atoms. The number of aliphatic hydroxyl groups is 1. The van der Waals surface area contributed by atoms with Gasteiger partial charge in [0.15, 0.2) is 5.69 Å². The van der Waals surface area contributed by atoms with Crippen LogP contribution in [0.4, 0.5) is 18.9 Å². The fourth-order valence-electron chi connectivity index (χ4n) is 1.16. The summed E-state index contributed by atoms with van der Waals surface area (Å²) in [5.41, 5.74) is -4.09. The van der Waals surface area contributed by atoms with Gasteiger partial charge in [-0.3, -0.25) is 4.79 Å². The summed E-state index contributed by atoms with van der Waals surface area (Å²) >= 11 is 2.90. The standard InChI is InChI=1S/C11H9BrF3N3O2/c1-10(20,5-12)9(19)18-6-2-7(11(13,14)15)8(3-16)17-4-6/h2,4,20H,5H2,1H3,(H,18,19)/t10-/m0/s1. The van der Waals surface area contributed by atoms with E-state index in [1.165, 1.54) is 13.0 Å². The van der Waals surface area contributed by atoms with Gasteiger partial charge in [0.1, 0.15) is 11.7 Å². The van der Waals surface area contributed by atoms with Crippen LogP contribution in [0.5, 0.6) is 0 Å². The van der Waals surface area contributed by atoms with Crippen LogP contribution in [0.25, 0.3) is 0 Å². The number of nitrogens with one attached hydrogen (secondary N) is 1. The van der Waals surface area contributed by atoms with Crippen molar-refractivity contribution in [3.05, 3.63) is 23.5 Å². The van der Waals surface area contributed by atoms with Crippen LogP contribution in [0.15, 0.2) is 12.3 Å². The van der Waals surface area contributed by atoms with Gasteiger partial charge in [-0.25, -0.2) is 4.98 Å². The first-order valence-corrected chi connectivity index (χ1v) is 6.31. The van der Waals surface area contributed by atoms with E-state index in [1.54, 1.807) is 0 Å². The Labute approximate surface area is 120 Å². The van der Waals surface area contributed by atoms with Crippen LogP contribution in [0, 0.1) is 11.3 Å². The summed E-state index contributed by atoms with van der Waals surface area (Å²) in [6, 6.07) is 1.91. The van der Waals surface area contributed by atoms with Gasteiger partial charge in [0.05, 0.1) is 17.4 Å². The molecular weight excluding hydrogens is 343 g/mol. The van der Waals surface area contributed by atoms with Crippen molar-refractivity contribution >= 4 is 27.5 Å². The minimum absolute atomic E-state index is 0.0956. The van der Waals surface area contributed by atoms with E-state index in [2.05, 4.69) is 26.2 Å². The number of nitriles is 1. The number of hydrogen-bond donors (Lipinski definition) is 2. The van der Waals surface area contributed by atoms with E-state index >= 15 is 0 Å². The Hall–Kier alpha value is -1.66. The molecule has 1 aromatic rings. The van der Waals surface area contributed by atoms with Gasteiger partial charge >= 0.3 is 6.18 Å². The number of rotatable bonds is 3. The molecule has 0 aliphatic rings. The zero-order valence-electron chi connectivity index (χ0n) is 10.1. The molecule has 1 aromatic heterocycles. The lowest BCUT2D eigenvalue weighted by Gasteiger charge is -2.19. The van der Waals surface area contributed by atoms with Gasteiger partial charge in [0.25, 0.3) is 5.91 Å². The van der Waals surface area contributed by atoms with Crippen molar-refractivity contribution in [3.63, 3.8) is 0 Å². The van der Waals surface area contributed by atoms with E-state index in [0.717, 1.165) is 6.20 Å². The molecule has 2 N–H and O–H groups in total. The van der Waals surface area contributed by atoms with Crippen molar-refractivity contribution in [2.24, 2.45) is 0 Å². The molecule has 0 aromatic carbocycles. The molecule has 0 fully saturated rings. The lowest BCUT2D eigenvalue weighted by molar-refractivity contribution is -0.138. The van der Waals surface area contributed by atoms with E-state index in [0.29, 0.717) is 6.07 Å². The van der Waals surface area contributed by atoms with Crippen LogP contribution in [-0.2, 0) is 11.0 Å². The zero-order valence-corrected chi connectivity index (χ0v) is 11.7. The van der Waals surface area contributed by atoms with Crippen LogP contribution in [0.3, 0.4) is 0 Å². The van der Waals surface area contributed by atoms with Gasteiger partial charge in [-0.05, 0) is 13.0 Å². The highest BCUT2D eigenvalue weighted by Crippen LogP contribution is 2.32. The average Bonchev–Trinajstić information content (AvgIpc) is 2.37. The van der Waals surface area contributed by atoms with E-state index in [9.17, 15) is 23.1 Å². The number of alkyl halides is 4. The largest absolute Gasteiger partial charge is 0.419 e. The molecule has 1 rings (SSSR count). The van der Waals surface area contributed by atoms with Crippen molar-refractivity contribution in [2.45, 2.75) is 18.7 Å². The van der Waals surface area contributed by atoms with Crippen LogP contribution in [0.1, 0.15) is 18.2 Å². The normalized spacial score (nSPS) is 14.2. The van der Waals surface area contributed by atoms with E-state index in [1.807, 2.05) is 0 Å². The maximum atomic E-state index is 12.7. The second-order valence-corrected chi connectivity index (χ2v) is 4.65. The minimum atomic E-state index is -4.77. The maximum Gasteiger partial charge on any atom is 0.419 e. The summed E-state index contributed by atoms with van der Waals surface area (Å²) in [7, 11) is 0. The number of nitrogens with zero attached hydrogens (tertiary/aromatic N) is 2. The van der Waals surface area contributed by atoms with Crippen molar-refractivity contribution in [1.29, 1.82) is 5.26 Å². The summed E-state index contributed by atoms with van der Waals surface area (Å²) < 4.78 is 38.1. The topological polar surface area (TPSA) is 86.0 Å². The highest BCUT2D eigenvalue weighted by atomic mass is 79.9. The summed E-state index contributed by atoms with van der Waals surface area (Å²) in [5.74, 6) is -0.894. The van der Waals surface area contributed by atoms with Crippen molar-refractivity contribution in [3.8, 4) is 6.07 Å². The zero-order chi connectivity index (χ0) is 15.6. The number of anilines is 1. The van der Waals surface area contributed by atoms with Crippen molar-refractivity contribution in [1.82, 2.24) is 4.98 Å². The van der Waals surface area contributed by atoms with Gasteiger partial charge < -0.3 is 10.4 Å². The molecule has 1 atom stereocenters. The van der Waals surface area contributed by atoms with Gasteiger partial charge in [0, 0.05) is 5.33 Å². The van der Waals surface area contributed by atoms with E-state index in [-0.39, 0.29) is 11.0 Å². The number of pyridine rings is 1. The van der Waals surface area contributed by atoms with Crippen LogP contribution in [0.2, 0.25) is 0 Å². The van der Waals surface area contributed by atoms with E-state index in [4.69, 9.17) is 5.26 Å². The highest BCUT2D eigenvalue weighted by molar-refractivity contribution is 9.09. The molecule has 108 valence electrons. The summed E-state index contributed by atoms with van der Waals surface area (Å²) in [4.78, 5) is 15.0. The Morgan fingerprint density at radius 3 is 2.65 bits per heavy atom. The first-order valence-electron chi connectivity index (χ1n) is 5.19. The molecule has 0 aliphatic carbocycles. The lowest BCUT2D eigenvalue weighted by atomic mass is 10.1. The fourth-order valence-corrected chi connectivity index (χ4v) is 1.42. The molecular formula is C11H9BrF3N3O2. The van der Waals surface area contributed by atoms with Gasteiger partial charge in [-0.1, -0.05) is 15.9 Å². The smallest absolute Gasteiger partial charge is 0.379 e. The minimum Gasteiger partial charge on any atom is -0.379 e. The Morgan fingerprint density at radius 1 is 1.60 bits per heavy atom. The molecule has 9 heteroatoms. The monoisotopic (exact) mass is 351 g/mol. The van der Waals surface area contributed by atoms with Gasteiger partial charge in [-0.15, -0.1) is 0 Å². The van der Waals surface area contributed by atoms with Crippen molar-refractivity contribution < 1.29 is 23.1 Å². The number of hydrogen-bond acceptors (Lipinski definition) is 4. The van der Waals surface area contributed by atoms with Crippen LogP contribution < -0.4 is 5.32 Å². The van der Waals surface area contributed by atoms with Gasteiger partial charge in [-0.2, -0.15) is 18.4 Å². The molecule has 0 aliphatic heterocycles. The second-order valence-electron chi connectivity index (χ2n) is 4.09. The summed E-state index contributed by atoms with van der Waals surface area (Å²) in [6.07, 6.45) is -3.85. The molecule has 0 radical (unpaired) electrons. The maximum absolute atomic E-state index is 12.7. The molecule has 1 heterocycles. The van der Waals surface area contributed by atoms with Crippen molar-refractivity contribution in [2.75, 3.05) is 10.6 Å². The fraction of sp³-hybridized carbons (Fsp3) is 0.364. The van der Waals surface area contributed by atoms with E-state index < -0.39 is 28.9 Å². The number of aromatic nitrogens is 1. The third-order valence-electron chi connectivity index (χ3n) is 2.31. The second kappa shape index (κ2) is 5.76. The van der Waals surface area contributed by atoms with Gasteiger partial charge in [0.2, 0.25) is 0 Å².